The second kappa shape index (κ2) is 3.63. The molecule has 0 radical (unpaired) electrons. The Hall–Kier alpha value is 0.648. The molecule has 2 heteroatoms. The van der Waals surface area contributed by atoms with E-state index in [0.717, 1.165) is 0 Å². The molecule has 0 saturated heterocycles. The molecule has 0 amide bonds. The van der Waals surface area contributed by atoms with Crippen LogP contribution in [0, 0.1) is 0 Å². The maximum atomic E-state index is 3.75. The minimum absolute atomic E-state index is 1.19. The molecule has 40 valence electrons. The maximum absolute atomic E-state index is 3.75. The van der Waals surface area contributed by atoms with Gasteiger partial charge in [0.15, 0.2) is 0 Å². The van der Waals surface area contributed by atoms with Crippen molar-refractivity contribution in [1.82, 2.24) is 0 Å². The van der Waals surface area contributed by atoms with E-state index in [1.807, 2.05) is 6.92 Å². The second-order valence-electron chi connectivity index (χ2n) is 1.30. The Labute approximate surface area is 59.8 Å². The zero-order valence-corrected chi connectivity index (χ0v) is 8.27. The van der Waals surface area contributed by atoms with E-state index < -0.39 is 0 Å². The van der Waals surface area contributed by atoms with Crippen molar-refractivity contribution in [2.24, 2.45) is 0 Å². The van der Waals surface area contributed by atoms with Crippen LogP contribution in [-0.4, -0.2) is 3.23 Å². The van der Waals surface area contributed by atoms with Crippen LogP contribution in [0.25, 0.3) is 0 Å². The van der Waals surface area contributed by atoms with Gasteiger partial charge in [-0.05, 0) is 0 Å². The molecule has 0 nitrogen and oxygen atoms in total. The number of rotatable bonds is 2. The number of hydrogen-bond acceptors (Lipinski definition) is 1. The summed E-state index contributed by atoms with van der Waals surface area (Å²) in [6.07, 6.45) is 0. The molecule has 0 spiro atoms. The predicted octanol–water partition coefficient (Wildman–Crippen LogP) is 1.95. The Morgan fingerprint density at radius 1 is 1.57 bits per heavy atom. The fourth-order valence-electron chi connectivity index (χ4n) is 0.245. The molecule has 0 rings (SSSR count). The Morgan fingerprint density at radius 3 is 2.00 bits per heavy atom. The van der Waals surface area contributed by atoms with Crippen LogP contribution in [0.15, 0.2) is 11.5 Å². The monoisotopic (exact) mass is 284 g/mol. The van der Waals surface area contributed by atoms with Gasteiger partial charge in [-0.25, -0.2) is 0 Å². The topological polar surface area (TPSA) is 0 Å². The third kappa shape index (κ3) is 6.65. The van der Waals surface area contributed by atoms with Crippen molar-refractivity contribution in [2.75, 3.05) is 0 Å². The molecule has 0 aromatic rings. The van der Waals surface area contributed by atoms with Crippen LogP contribution in [0.4, 0.5) is 0 Å². The zero-order chi connectivity index (χ0) is 5.86. The Morgan fingerprint density at radius 2 is 2.00 bits per heavy atom. The summed E-state index contributed by atoms with van der Waals surface area (Å²) < 4.78 is 1.44. The summed E-state index contributed by atoms with van der Waals surface area (Å²) in [5.74, 6) is 0. The van der Waals surface area contributed by atoms with Crippen molar-refractivity contribution in [1.29, 1.82) is 0 Å². The van der Waals surface area contributed by atoms with Crippen molar-refractivity contribution < 1.29 is 19.4 Å². The van der Waals surface area contributed by atoms with E-state index in [9.17, 15) is 0 Å². The number of allylic oxidation sites excluding steroid dienone is 1. The van der Waals surface area contributed by atoms with Gasteiger partial charge in [0.2, 0.25) is 0 Å². The molecule has 0 saturated carbocycles. The third-order valence-corrected chi connectivity index (χ3v) is 1.85. The molecule has 0 bridgehead atoms. The van der Waals surface area contributed by atoms with E-state index in [4.69, 9.17) is 0 Å². The van der Waals surface area contributed by atoms with Crippen LogP contribution >= 0.6 is 11.8 Å². The van der Waals surface area contributed by atoms with E-state index >= 15 is 0 Å². The molecule has 7 heavy (non-hydrogen) atoms. The molecule has 0 aliphatic heterocycles. The number of hydrogen-bond donors (Lipinski definition) is 0. The van der Waals surface area contributed by atoms with Crippen LogP contribution in [0.1, 0.15) is 13.8 Å². The Bertz CT molecular complexity index is 84.3. The first-order chi connectivity index (χ1) is 3.13. The molecule has 0 aromatic carbocycles. The number of thioether (sulfide) groups is 1. The normalized spacial score (nSPS) is 8.29. The van der Waals surface area contributed by atoms with Crippen LogP contribution in [-0.2, 0) is 19.4 Å². The van der Waals surface area contributed by atoms with Crippen molar-refractivity contribution in [2.45, 2.75) is 13.8 Å². The van der Waals surface area contributed by atoms with Crippen molar-refractivity contribution in [3.63, 3.8) is 0 Å². The molecule has 0 aliphatic carbocycles. The van der Waals surface area contributed by atoms with Gasteiger partial charge >= 0.3 is 59.7 Å². The predicted molar refractivity (Wildman–Crippen MR) is 33.1 cm³/mol. The summed E-state index contributed by atoms with van der Waals surface area (Å²) in [6, 6.07) is 0. The van der Waals surface area contributed by atoms with E-state index in [1.165, 1.54) is 8.14 Å². The zero-order valence-electron chi connectivity index (χ0n) is 4.52. The second-order valence-corrected chi connectivity index (χ2v) is 6.03. The van der Waals surface area contributed by atoms with Gasteiger partial charge in [-0.1, -0.05) is 0 Å². The third-order valence-electron chi connectivity index (χ3n) is 0.318. The molecular weight excluding hydrogens is 276 g/mol. The molecule has 0 atom stereocenters. The summed E-state index contributed by atoms with van der Waals surface area (Å²) in [5.41, 5.74) is 0. The van der Waals surface area contributed by atoms with Gasteiger partial charge in [-0.15, -0.1) is 0 Å². The fourth-order valence-corrected chi connectivity index (χ4v) is 2.27. The van der Waals surface area contributed by atoms with Crippen molar-refractivity contribution in [3.8, 4) is 0 Å². The summed E-state index contributed by atoms with van der Waals surface area (Å²) in [4.78, 5) is 1.19. The summed E-state index contributed by atoms with van der Waals surface area (Å²) >= 11 is 3.31. The van der Waals surface area contributed by atoms with E-state index in [1.54, 1.807) is 31.1 Å². The van der Waals surface area contributed by atoms with Crippen LogP contribution in [0.3, 0.4) is 0 Å². The average molecular weight is 284 g/mol. The molecule has 0 aliphatic rings. The van der Waals surface area contributed by atoms with Gasteiger partial charge in [-0.2, -0.15) is 0 Å². The van der Waals surface area contributed by atoms with Crippen LogP contribution < -0.4 is 0 Å². The first kappa shape index (κ1) is 7.65. The van der Waals surface area contributed by atoms with Gasteiger partial charge in [0.05, 0.1) is 0 Å². The molecular formula is C5H8SW. The molecule has 0 heterocycles. The minimum atomic E-state index is 1.19. The first-order valence-corrected chi connectivity index (χ1v) is 4.25. The standard InChI is InChI=1S/C5H8S.W/c1-4-6-5(2)3;/h2H2,1,3H3;. The van der Waals surface area contributed by atoms with Crippen molar-refractivity contribution >= 4 is 15.0 Å². The molecule has 0 fully saturated rings. The van der Waals surface area contributed by atoms with Crippen LogP contribution in [0.2, 0.25) is 0 Å². The van der Waals surface area contributed by atoms with E-state index in [0.29, 0.717) is 0 Å². The Balaban J connectivity index is 3.32. The first-order valence-electron chi connectivity index (χ1n) is 1.97. The molecule has 0 unspecified atom stereocenters. The van der Waals surface area contributed by atoms with Gasteiger partial charge in [-0.3, -0.25) is 0 Å². The summed E-state index contributed by atoms with van der Waals surface area (Å²) in [6.45, 7) is 7.90. The van der Waals surface area contributed by atoms with Gasteiger partial charge in [0.25, 0.3) is 0 Å². The SMILES string of the molecule is C=C(C)S[C](C)=[W]. The Kier molecular flexibility index (Phi) is 3.96. The van der Waals surface area contributed by atoms with Crippen molar-refractivity contribution in [3.05, 3.63) is 11.5 Å². The van der Waals surface area contributed by atoms with Gasteiger partial charge in [0.1, 0.15) is 0 Å². The molecule has 0 aromatic heterocycles. The van der Waals surface area contributed by atoms with Gasteiger partial charge in [0, 0.05) is 0 Å². The summed E-state index contributed by atoms with van der Waals surface area (Å²) in [5, 5.41) is 0. The quantitative estimate of drug-likeness (QED) is 0.747. The fraction of sp³-hybridized carbons (Fsp3) is 0.400. The van der Waals surface area contributed by atoms with E-state index in [-0.39, 0.29) is 0 Å². The van der Waals surface area contributed by atoms with Crippen LogP contribution in [0.5, 0.6) is 0 Å². The van der Waals surface area contributed by atoms with Gasteiger partial charge < -0.3 is 0 Å². The van der Waals surface area contributed by atoms with E-state index in [2.05, 4.69) is 13.5 Å². The summed E-state index contributed by atoms with van der Waals surface area (Å²) in [7, 11) is 0. The average Bonchev–Trinajstić information content (AvgIpc) is 1.27. The molecule has 0 N–H and O–H groups in total.